The summed E-state index contributed by atoms with van der Waals surface area (Å²) in [5.74, 6) is 0.563. The second-order valence-corrected chi connectivity index (χ2v) is 5.57. The Hall–Kier alpha value is -1.03. The lowest BCUT2D eigenvalue weighted by molar-refractivity contribution is 0.652. The summed E-state index contributed by atoms with van der Waals surface area (Å²) in [5.41, 5.74) is 5.79. The Balaban J connectivity index is 2.16. The third kappa shape index (κ3) is 6.31. The van der Waals surface area contributed by atoms with Gasteiger partial charge in [0.2, 0.25) is 0 Å². The average molecular weight is 253 g/mol. The van der Waals surface area contributed by atoms with Crippen LogP contribution in [0.3, 0.4) is 0 Å². The Kier molecular flexibility index (Phi) is 6.70. The molecule has 0 fully saturated rings. The Labute approximate surface area is 108 Å². The number of thiophene rings is 1. The lowest BCUT2D eigenvalue weighted by atomic mass is 10.2. The predicted octanol–water partition coefficient (Wildman–Crippen LogP) is 3.04. The third-order valence-corrected chi connectivity index (χ3v) is 3.52. The first-order valence-corrected chi connectivity index (χ1v) is 7.13. The van der Waals surface area contributed by atoms with Crippen LogP contribution in [0.15, 0.2) is 17.1 Å². The largest absolute Gasteiger partial charge is 0.370 e. The van der Waals surface area contributed by atoms with Crippen molar-refractivity contribution in [3.05, 3.63) is 21.9 Å². The van der Waals surface area contributed by atoms with Crippen molar-refractivity contribution in [2.75, 3.05) is 6.54 Å². The molecule has 0 saturated carbocycles. The highest BCUT2D eigenvalue weighted by Crippen LogP contribution is 2.15. The van der Waals surface area contributed by atoms with E-state index in [9.17, 15) is 0 Å². The number of nitrogens with zero attached hydrogens (tertiary/aromatic N) is 1. The second-order valence-electron chi connectivity index (χ2n) is 4.20. The van der Waals surface area contributed by atoms with Crippen molar-refractivity contribution in [3.63, 3.8) is 0 Å². The van der Waals surface area contributed by atoms with Gasteiger partial charge in [0.15, 0.2) is 5.96 Å². The van der Waals surface area contributed by atoms with Crippen molar-refractivity contribution < 1.29 is 0 Å². The third-order valence-electron chi connectivity index (χ3n) is 2.54. The maximum absolute atomic E-state index is 5.79. The van der Waals surface area contributed by atoms with Crippen LogP contribution in [0.2, 0.25) is 0 Å². The Morgan fingerprint density at radius 3 is 2.82 bits per heavy atom. The van der Waals surface area contributed by atoms with E-state index in [4.69, 9.17) is 5.73 Å². The number of nitrogens with two attached hydrogens (primary N) is 1. The molecule has 0 aliphatic heterocycles. The highest BCUT2D eigenvalue weighted by Gasteiger charge is 1.96. The maximum atomic E-state index is 5.79. The molecule has 4 heteroatoms. The molecule has 3 nitrogen and oxygen atoms in total. The van der Waals surface area contributed by atoms with Gasteiger partial charge in [-0.25, -0.2) is 4.99 Å². The summed E-state index contributed by atoms with van der Waals surface area (Å²) in [6, 6.07) is 4.22. The number of nitrogens with one attached hydrogen (secondary N) is 1. The summed E-state index contributed by atoms with van der Waals surface area (Å²) in [6.45, 7) is 5.94. The van der Waals surface area contributed by atoms with E-state index in [0.29, 0.717) is 12.5 Å². The summed E-state index contributed by atoms with van der Waals surface area (Å²) in [5, 5.41) is 3.15. The molecular formula is C13H23N3S. The van der Waals surface area contributed by atoms with E-state index in [1.54, 1.807) is 11.3 Å². The average Bonchev–Trinajstić information content (AvgIpc) is 2.72. The fraction of sp³-hybridized carbons (Fsp3) is 0.615. The van der Waals surface area contributed by atoms with Gasteiger partial charge in [0.25, 0.3) is 0 Å². The van der Waals surface area contributed by atoms with Gasteiger partial charge in [0, 0.05) is 16.3 Å². The molecule has 1 rings (SSSR count). The summed E-state index contributed by atoms with van der Waals surface area (Å²) in [7, 11) is 0. The highest BCUT2D eigenvalue weighted by molar-refractivity contribution is 7.11. The van der Waals surface area contributed by atoms with E-state index >= 15 is 0 Å². The SMILES string of the molecule is CCCCCCNC(N)=NCc1ccc(C)s1. The first-order valence-electron chi connectivity index (χ1n) is 6.31. The zero-order chi connectivity index (χ0) is 12.5. The summed E-state index contributed by atoms with van der Waals surface area (Å²) >= 11 is 1.77. The molecule has 17 heavy (non-hydrogen) atoms. The summed E-state index contributed by atoms with van der Waals surface area (Å²) in [4.78, 5) is 6.90. The number of guanidine groups is 1. The molecule has 1 heterocycles. The normalized spacial score (nSPS) is 11.8. The Morgan fingerprint density at radius 1 is 1.35 bits per heavy atom. The fourth-order valence-electron chi connectivity index (χ4n) is 1.56. The smallest absolute Gasteiger partial charge is 0.188 e. The van der Waals surface area contributed by atoms with E-state index in [0.717, 1.165) is 6.54 Å². The van der Waals surface area contributed by atoms with Crippen molar-refractivity contribution in [2.45, 2.75) is 46.1 Å². The van der Waals surface area contributed by atoms with Gasteiger partial charge in [0.05, 0.1) is 6.54 Å². The van der Waals surface area contributed by atoms with E-state index in [1.165, 1.54) is 35.4 Å². The summed E-state index contributed by atoms with van der Waals surface area (Å²) < 4.78 is 0. The van der Waals surface area contributed by atoms with Gasteiger partial charge in [-0.2, -0.15) is 0 Å². The molecule has 0 saturated heterocycles. The molecule has 0 amide bonds. The van der Waals surface area contributed by atoms with Gasteiger partial charge in [-0.15, -0.1) is 11.3 Å². The van der Waals surface area contributed by atoms with Gasteiger partial charge in [-0.3, -0.25) is 0 Å². The quantitative estimate of drug-likeness (QED) is 0.446. The Bertz CT molecular complexity index is 344. The van der Waals surface area contributed by atoms with Crippen LogP contribution < -0.4 is 11.1 Å². The minimum Gasteiger partial charge on any atom is -0.370 e. The molecule has 0 bridgehead atoms. The number of hydrogen-bond acceptors (Lipinski definition) is 2. The van der Waals surface area contributed by atoms with E-state index < -0.39 is 0 Å². The van der Waals surface area contributed by atoms with Crippen LogP contribution in [0.1, 0.15) is 42.4 Å². The number of rotatable bonds is 7. The second kappa shape index (κ2) is 8.12. The van der Waals surface area contributed by atoms with Crippen molar-refractivity contribution in [1.29, 1.82) is 0 Å². The first-order chi connectivity index (χ1) is 8.22. The molecule has 0 unspecified atom stereocenters. The van der Waals surface area contributed by atoms with Crippen LogP contribution in [-0.4, -0.2) is 12.5 Å². The lowest BCUT2D eigenvalue weighted by Gasteiger charge is -2.04. The lowest BCUT2D eigenvalue weighted by Crippen LogP contribution is -2.32. The van der Waals surface area contributed by atoms with Crippen LogP contribution >= 0.6 is 11.3 Å². The standard InChI is InChI=1S/C13H23N3S/c1-3-4-5-6-9-15-13(14)16-10-12-8-7-11(2)17-12/h7-8H,3-6,9-10H2,1-2H3,(H3,14,15,16). The van der Waals surface area contributed by atoms with E-state index in [-0.39, 0.29) is 0 Å². The van der Waals surface area contributed by atoms with Crippen LogP contribution in [0.4, 0.5) is 0 Å². The molecule has 0 radical (unpaired) electrons. The van der Waals surface area contributed by atoms with Gasteiger partial charge in [-0.05, 0) is 25.5 Å². The van der Waals surface area contributed by atoms with Gasteiger partial charge < -0.3 is 11.1 Å². The van der Waals surface area contributed by atoms with Crippen LogP contribution in [0, 0.1) is 6.92 Å². The monoisotopic (exact) mass is 253 g/mol. The minimum atomic E-state index is 0.563. The number of unbranched alkanes of at least 4 members (excludes halogenated alkanes) is 3. The molecule has 1 aromatic rings. The molecule has 1 aromatic heterocycles. The fourth-order valence-corrected chi connectivity index (χ4v) is 2.37. The van der Waals surface area contributed by atoms with Gasteiger partial charge in [0.1, 0.15) is 0 Å². The van der Waals surface area contributed by atoms with Crippen LogP contribution in [0.25, 0.3) is 0 Å². The highest BCUT2D eigenvalue weighted by atomic mass is 32.1. The zero-order valence-corrected chi connectivity index (χ0v) is 11.6. The topological polar surface area (TPSA) is 50.4 Å². The molecule has 0 spiro atoms. The number of aryl methyl sites for hydroxylation is 1. The molecule has 0 aliphatic carbocycles. The van der Waals surface area contributed by atoms with E-state index in [1.807, 2.05) is 0 Å². The molecular weight excluding hydrogens is 230 g/mol. The van der Waals surface area contributed by atoms with Crippen LogP contribution in [0.5, 0.6) is 0 Å². The van der Waals surface area contributed by atoms with Gasteiger partial charge >= 0.3 is 0 Å². The first kappa shape index (κ1) is 14.0. The molecule has 0 aromatic carbocycles. The van der Waals surface area contributed by atoms with E-state index in [2.05, 4.69) is 36.3 Å². The predicted molar refractivity (Wildman–Crippen MR) is 76.5 cm³/mol. The van der Waals surface area contributed by atoms with Crippen LogP contribution in [-0.2, 0) is 6.54 Å². The Morgan fingerprint density at radius 2 is 2.18 bits per heavy atom. The van der Waals surface area contributed by atoms with Crippen molar-refractivity contribution in [3.8, 4) is 0 Å². The maximum Gasteiger partial charge on any atom is 0.188 e. The summed E-state index contributed by atoms with van der Waals surface area (Å²) in [6.07, 6.45) is 5.00. The number of hydrogen-bond donors (Lipinski definition) is 2. The molecule has 0 aliphatic rings. The van der Waals surface area contributed by atoms with Crippen molar-refractivity contribution >= 4 is 17.3 Å². The van der Waals surface area contributed by atoms with Crippen molar-refractivity contribution in [2.24, 2.45) is 10.7 Å². The molecule has 0 atom stereocenters. The van der Waals surface area contributed by atoms with Crippen molar-refractivity contribution in [1.82, 2.24) is 5.32 Å². The molecule has 3 N–H and O–H groups in total. The minimum absolute atomic E-state index is 0.563. The zero-order valence-electron chi connectivity index (χ0n) is 10.8. The number of aliphatic imine (C=N–C) groups is 1. The van der Waals surface area contributed by atoms with Gasteiger partial charge in [-0.1, -0.05) is 26.2 Å². The molecule has 96 valence electrons.